The first kappa shape index (κ1) is 20.3. The second-order valence-electron chi connectivity index (χ2n) is 5.66. The zero-order valence-electron chi connectivity index (χ0n) is 13.4. The molecule has 2 N–H and O–H groups in total. The van der Waals surface area contributed by atoms with Gasteiger partial charge in [0.2, 0.25) is 0 Å². The molecule has 2 atom stereocenters. The largest absolute Gasteiger partial charge is 0.334 e. The molecule has 0 bridgehead atoms. The van der Waals surface area contributed by atoms with Crippen molar-refractivity contribution in [3.8, 4) is 5.82 Å². The van der Waals surface area contributed by atoms with E-state index in [1.165, 1.54) is 11.0 Å². The van der Waals surface area contributed by atoms with Crippen molar-refractivity contribution < 1.29 is 4.79 Å². The lowest BCUT2D eigenvalue weighted by atomic mass is 9.96. The van der Waals surface area contributed by atoms with Crippen LogP contribution in [-0.2, 0) is 0 Å². The van der Waals surface area contributed by atoms with Gasteiger partial charge in [-0.15, -0.1) is 24.8 Å². The van der Waals surface area contributed by atoms with E-state index in [4.69, 9.17) is 5.73 Å². The third-order valence-corrected chi connectivity index (χ3v) is 4.06. The summed E-state index contributed by atoms with van der Waals surface area (Å²) in [5.74, 6) is 0.587. The first-order valence-electron chi connectivity index (χ1n) is 7.54. The number of rotatable bonds is 3. The number of amides is 1. The highest BCUT2D eigenvalue weighted by atomic mass is 35.5. The Balaban J connectivity index is 0.00000144. The van der Waals surface area contributed by atoms with Gasteiger partial charge in [0.15, 0.2) is 5.82 Å². The Kier molecular flexibility index (Phi) is 7.59. The highest BCUT2D eigenvalue weighted by Crippen LogP contribution is 2.21. The van der Waals surface area contributed by atoms with Gasteiger partial charge < -0.3 is 10.6 Å². The van der Waals surface area contributed by atoms with E-state index < -0.39 is 0 Å². The number of likely N-dealkylation sites (tertiary alicyclic amines) is 1. The zero-order chi connectivity index (χ0) is 15.5. The first-order valence-corrected chi connectivity index (χ1v) is 7.54. The van der Waals surface area contributed by atoms with Crippen molar-refractivity contribution in [3.63, 3.8) is 0 Å². The van der Waals surface area contributed by atoms with Crippen LogP contribution >= 0.6 is 24.8 Å². The molecule has 9 heteroatoms. The third-order valence-electron chi connectivity index (χ3n) is 4.06. The van der Waals surface area contributed by atoms with Crippen molar-refractivity contribution in [2.24, 2.45) is 5.73 Å². The molecule has 2 unspecified atom stereocenters. The van der Waals surface area contributed by atoms with Crippen LogP contribution in [0.4, 0.5) is 0 Å². The van der Waals surface area contributed by atoms with E-state index in [0.29, 0.717) is 11.4 Å². The highest BCUT2D eigenvalue weighted by molar-refractivity contribution is 5.94. The van der Waals surface area contributed by atoms with Crippen LogP contribution in [0, 0.1) is 0 Å². The molecule has 0 spiro atoms. The molecule has 0 aliphatic carbocycles. The maximum atomic E-state index is 12.8. The molecule has 1 amide bonds. The maximum Gasteiger partial charge on any atom is 0.254 e. The summed E-state index contributed by atoms with van der Waals surface area (Å²) in [6.07, 6.45) is 7.72. The fraction of sp³-hybridized carbons (Fsp3) is 0.467. The van der Waals surface area contributed by atoms with E-state index in [0.717, 1.165) is 25.8 Å². The number of pyridine rings is 1. The van der Waals surface area contributed by atoms with Crippen molar-refractivity contribution in [2.75, 3.05) is 6.54 Å². The predicted octanol–water partition coefficient (Wildman–Crippen LogP) is 1.85. The summed E-state index contributed by atoms with van der Waals surface area (Å²) in [7, 11) is 0. The quantitative estimate of drug-likeness (QED) is 0.887. The first-order chi connectivity index (χ1) is 10.7. The minimum absolute atomic E-state index is 0. The Morgan fingerprint density at radius 1 is 1.38 bits per heavy atom. The van der Waals surface area contributed by atoms with E-state index >= 15 is 0 Å². The predicted molar refractivity (Wildman–Crippen MR) is 96.0 cm³/mol. The number of nitrogens with zero attached hydrogens (tertiary/aromatic N) is 5. The second-order valence-corrected chi connectivity index (χ2v) is 5.66. The lowest BCUT2D eigenvalue weighted by Gasteiger charge is -2.38. The van der Waals surface area contributed by atoms with Crippen LogP contribution in [0.5, 0.6) is 0 Å². The molecule has 7 nitrogen and oxygen atoms in total. The van der Waals surface area contributed by atoms with Crippen molar-refractivity contribution in [1.29, 1.82) is 0 Å². The lowest BCUT2D eigenvalue weighted by molar-refractivity contribution is 0.0583. The number of carbonyl (C=O) groups is 1. The van der Waals surface area contributed by atoms with E-state index in [9.17, 15) is 4.79 Å². The number of nitrogens with two attached hydrogens (primary N) is 1. The molecule has 132 valence electrons. The average Bonchev–Trinajstić information content (AvgIpc) is 3.09. The minimum atomic E-state index is -0.0270. The molecule has 1 aliphatic rings. The van der Waals surface area contributed by atoms with Crippen molar-refractivity contribution in [1.82, 2.24) is 24.6 Å². The van der Waals surface area contributed by atoms with Gasteiger partial charge in [-0.05, 0) is 38.3 Å². The van der Waals surface area contributed by atoms with Crippen LogP contribution in [0.25, 0.3) is 5.82 Å². The highest BCUT2D eigenvalue weighted by Gasteiger charge is 2.30. The molecular formula is C15H22Cl2N6O. The van der Waals surface area contributed by atoms with Gasteiger partial charge >= 0.3 is 0 Å². The van der Waals surface area contributed by atoms with Crippen LogP contribution in [0.3, 0.4) is 0 Å². The Labute approximate surface area is 153 Å². The van der Waals surface area contributed by atoms with Gasteiger partial charge in [-0.2, -0.15) is 5.10 Å². The molecule has 1 saturated heterocycles. The lowest BCUT2D eigenvalue weighted by Crippen LogP contribution is -2.51. The molecule has 0 radical (unpaired) electrons. The van der Waals surface area contributed by atoms with Crippen molar-refractivity contribution >= 4 is 30.7 Å². The molecule has 0 aromatic carbocycles. The minimum Gasteiger partial charge on any atom is -0.334 e. The number of carbonyl (C=O) groups excluding carboxylic acids is 1. The molecule has 3 rings (SSSR count). The van der Waals surface area contributed by atoms with Crippen LogP contribution in [-0.4, -0.2) is 49.2 Å². The summed E-state index contributed by atoms with van der Waals surface area (Å²) in [5.41, 5.74) is 6.66. The fourth-order valence-corrected chi connectivity index (χ4v) is 2.93. The van der Waals surface area contributed by atoms with E-state index in [-0.39, 0.29) is 42.8 Å². The SMILES string of the molecule is CC(N)C1CCCCN1C(=O)c1ccnc(-n2cncn2)c1.Cl.Cl. The number of piperidine rings is 1. The molecule has 3 heterocycles. The van der Waals surface area contributed by atoms with Crippen LogP contribution in [0.2, 0.25) is 0 Å². The Morgan fingerprint density at radius 2 is 2.17 bits per heavy atom. The standard InChI is InChI=1S/C15H20N6O.2ClH/c1-11(16)13-4-2-3-7-20(13)15(22)12-5-6-18-14(8-12)21-10-17-9-19-21;;/h5-6,8-11,13H,2-4,7,16H2,1H3;2*1H. The molecule has 1 aliphatic heterocycles. The number of aromatic nitrogens is 4. The van der Waals surface area contributed by atoms with Crippen molar-refractivity contribution in [2.45, 2.75) is 38.3 Å². The second kappa shape index (κ2) is 8.96. The smallest absolute Gasteiger partial charge is 0.254 e. The number of halogens is 2. The maximum absolute atomic E-state index is 12.8. The summed E-state index contributed by atoms with van der Waals surface area (Å²) >= 11 is 0. The molecular weight excluding hydrogens is 351 g/mol. The molecule has 0 saturated carbocycles. The van der Waals surface area contributed by atoms with Gasteiger partial charge in [-0.3, -0.25) is 4.79 Å². The monoisotopic (exact) mass is 372 g/mol. The van der Waals surface area contributed by atoms with E-state index in [2.05, 4.69) is 15.1 Å². The fourth-order valence-electron chi connectivity index (χ4n) is 2.93. The number of hydrogen-bond donors (Lipinski definition) is 1. The summed E-state index contributed by atoms with van der Waals surface area (Å²) in [4.78, 5) is 22.9. The molecule has 24 heavy (non-hydrogen) atoms. The normalized spacial score (nSPS) is 18.2. The van der Waals surface area contributed by atoms with Gasteiger partial charge in [0.1, 0.15) is 12.7 Å². The van der Waals surface area contributed by atoms with Crippen LogP contribution in [0.1, 0.15) is 36.5 Å². The zero-order valence-corrected chi connectivity index (χ0v) is 15.0. The summed E-state index contributed by atoms with van der Waals surface area (Å²) in [6.45, 7) is 2.72. The summed E-state index contributed by atoms with van der Waals surface area (Å²) in [6, 6.07) is 3.55. The van der Waals surface area contributed by atoms with Crippen LogP contribution in [0.15, 0.2) is 31.0 Å². The molecule has 1 fully saturated rings. The molecule has 2 aromatic heterocycles. The summed E-state index contributed by atoms with van der Waals surface area (Å²) < 4.78 is 1.54. The Bertz CT molecular complexity index is 649. The Hall–Kier alpha value is -1.70. The van der Waals surface area contributed by atoms with Crippen molar-refractivity contribution in [3.05, 3.63) is 36.5 Å². The van der Waals surface area contributed by atoms with E-state index in [1.54, 1.807) is 24.7 Å². The van der Waals surface area contributed by atoms with Gasteiger partial charge in [0, 0.05) is 30.4 Å². The van der Waals surface area contributed by atoms with E-state index in [1.807, 2.05) is 11.8 Å². The summed E-state index contributed by atoms with van der Waals surface area (Å²) in [5, 5.41) is 4.04. The van der Waals surface area contributed by atoms with Gasteiger partial charge in [-0.1, -0.05) is 0 Å². The number of hydrogen-bond acceptors (Lipinski definition) is 5. The topological polar surface area (TPSA) is 89.9 Å². The van der Waals surface area contributed by atoms with Gasteiger partial charge in [-0.25, -0.2) is 14.6 Å². The Morgan fingerprint density at radius 3 is 2.83 bits per heavy atom. The average molecular weight is 373 g/mol. The van der Waals surface area contributed by atoms with Gasteiger partial charge in [0.05, 0.1) is 0 Å². The molecule has 2 aromatic rings. The van der Waals surface area contributed by atoms with Crippen LogP contribution < -0.4 is 5.73 Å². The van der Waals surface area contributed by atoms with Gasteiger partial charge in [0.25, 0.3) is 5.91 Å². The third kappa shape index (κ3) is 4.23.